The van der Waals surface area contributed by atoms with E-state index in [-0.39, 0.29) is 5.97 Å². The van der Waals surface area contributed by atoms with Crippen LogP contribution in [0.25, 0.3) is 0 Å². The Morgan fingerprint density at radius 3 is 2.27 bits per heavy atom. The molecule has 204 valence electrons. The second kappa shape index (κ2) is 11.1. The predicted octanol–water partition coefficient (Wildman–Crippen LogP) is 8.27. The minimum absolute atomic E-state index is 0.307. The lowest BCUT2D eigenvalue weighted by atomic mass is 9.77. The molecular formula is C35H36N2O3. The van der Waals surface area contributed by atoms with Gasteiger partial charge < -0.3 is 19.7 Å². The van der Waals surface area contributed by atoms with Gasteiger partial charge in [0.25, 0.3) is 0 Å². The summed E-state index contributed by atoms with van der Waals surface area (Å²) in [6.45, 7) is 7.10. The van der Waals surface area contributed by atoms with Crippen molar-refractivity contribution >= 4 is 17.3 Å². The van der Waals surface area contributed by atoms with E-state index in [2.05, 4.69) is 66.5 Å². The number of benzene rings is 4. The second-order valence-electron chi connectivity index (χ2n) is 10.6. The summed E-state index contributed by atoms with van der Waals surface area (Å²) >= 11 is 0. The van der Waals surface area contributed by atoms with Crippen LogP contribution < -0.4 is 15.0 Å². The minimum atomic E-state index is -1.06. The number of carbonyl (C=O) groups is 1. The number of fused-ring (bicyclic) bond motifs is 6. The Hall–Kier alpha value is -4.25. The minimum Gasteiger partial charge on any atom is -0.456 e. The van der Waals surface area contributed by atoms with E-state index >= 15 is 0 Å². The van der Waals surface area contributed by atoms with Crippen molar-refractivity contribution in [3.05, 3.63) is 119 Å². The van der Waals surface area contributed by atoms with Gasteiger partial charge in [0, 0.05) is 53.8 Å². The molecule has 5 heteroatoms. The highest BCUT2D eigenvalue weighted by Crippen LogP contribution is 2.56. The Balaban J connectivity index is 1.44. The Labute approximate surface area is 236 Å². The van der Waals surface area contributed by atoms with Crippen LogP contribution in [0.2, 0.25) is 0 Å². The molecule has 0 fully saturated rings. The topological polar surface area (TPSA) is 50.8 Å². The molecule has 0 radical (unpaired) electrons. The van der Waals surface area contributed by atoms with Crippen molar-refractivity contribution < 1.29 is 14.3 Å². The molecule has 1 atom stereocenters. The molecule has 6 rings (SSSR count). The van der Waals surface area contributed by atoms with Crippen LogP contribution in [0.15, 0.2) is 91.0 Å². The third-order valence-corrected chi connectivity index (χ3v) is 7.96. The van der Waals surface area contributed by atoms with E-state index in [9.17, 15) is 4.79 Å². The quantitative estimate of drug-likeness (QED) is 0.208. The van der Waals surface area contributed by atoms with Crippen LogP contribution in [-0.4, -0.2) is 19.1 Å². The van der Waals surface area contributed by atoms with Crippen LogP contribution in [0.5, 0.6) is 11.5 Å². The molecule has 1 unspecified atom stereocenters. The van der Waals surface area contributed by atoms with Gasteiger partial charge in [0.05, 0.1) is 5.56 Å². The molecule has 0 bridgehead atoms. The number of unbranched alkanes of at least 4 members (excludes halogenated alkanes) is 2. The number of nitrogens with zero attached hydrogens (tertiary/aromatic N) is 1. The molecule has 4 aromatic rings. The maximum Gasteiger partial charge on any atom is 0.340 e. The van der Waals surface area contributed by atoms with E-state index in [0.29, 0.717) is 17.9 Å². The summed E-state index contributed by atoms with van der Waals surface area (Å²) in [5.41, 5.74) is 5.39. The van der Waals surface area contributed by atoms with Gasteiger partial charge in [0.2, 0.25) is 0 Å². The van der Waals surface area contributed by atoms with E-state index in [1.165, 1.54) is 0 Å². The van der Waals surface area contributed by atoms with Gasteiger partial charge in [-0.2, -0.15) is 0 Å². The van der Waals surface area contributed by atoms with Crippen molar-refractivity contribution in [2.45, 2.75) is 51.7 Å². The number of hydrogen-bond acceptors (Lipinski definition) is 5. The number of hydrogen-bond donors (Lipinski definition) is 1. The maximum absolute atomic E-state index is 13.3. The molecule has 0 saturated carbocycles. The fraction of sp³-hybridized carbons (Fsp3) is 0.286. The lowest BCUT2D eigenvalue weighted by Gasteiger charge is -2.37. The number of nitrogens with one attached hydrogen (secondary N) is 1. The molecule has 2 aliphatic rings. The largest absolute Gasteiger partial charge is 0.456 e. The Morgan fingerprint density at radius 2 is 1.50 bits per heavy atom. The molecule has 0 saturated heterocycles. The first-order valence-corrected chi connectivity index (χ1v) is 14.5. The van der Waals surface area contributed by atoms with Crippen molar-refractivity contribution in [1.82, 2.24) is 0 Å². The van der Waals surface area contributed by atoms with E-state index in [1.54, 1.807) is 0 Å². The summed E-state index contributed by atoms with van der Waals surface area (Å²) < 4.78 is 13.0. The van der Waals surface area contributed by atoms with Gasteiger partial charge in [0.15, 0.2) is 5.60 Å². The van der Waals surface area contributed by atoms with Crippen LogP contribution in [0.3, 0.4) is 0 Å². The third-order valence-electron chi connectivity index (χ3n) is 7.96. The Morgan fingerprint density at radius 1 is 0.750 bits per heavy atom. The normalized spacial score (nSPS) is 16.5. The average Bonchev–Trinajstić information content (AvgIpc) is 3.29. The van der Waals surface area contributed by atoms with Crippen LogP contribution in [-0.2, 0) is 16.9 Å². The molecule has 1 N–H and O–H groups in total. The molecule has 40 heavy (non-hydrogen) atoms. The number of carbonyl (C=O) groups excluding carboxylic acids is 1. The molecule has 5 nitrogen and oxygen atoms in total. The zero-order chi connectivity index (χ0) is 27.5. The second-order valence-corrected chi connectivity index (χ2v) is 10.6. The summed E-state index contributed by atoms with van der Waals surface area (Å²) in [4.78, 5) is 15.7. The first-order chi connectivity index (χ1) is 19.6. The molecule has 2 heterocycles. The van der Waals surface area contributed by atoms with Gasteiger partial charge in [-0.3, -0.25) is 0 Å². The van der Waals surface area contributed by atoms with Crippen LogP contribution in [0, 0.1) is 0 Å². The summed E-state index contributed by atoms with van der Waals surface area (Å²) in [6.07, 6.45) is 4.57. The van der Waals surface area contributed by atoms with E-state index < -0.39 is 5.60 Å². The van der Waals surface area contributed by atoms with E-state index in [4.69, 9.17) is 9.47 Å². The van der Waals surface area contributed by atoms with Gasteiger partial charge in [0.1, 0.15) is 11.5 Å². The molecular weight excluding hydrogens is 496 g/mol. The third kappa shape index (κ3) is 4.60. The van der Waals surface area contributed by atoms with Crippen molar-refractivity contribution in [3.8, 4) is 11.5 Å². The maximum atomic E-state index is 13.3. The van der Waals surface area contributed by atoms with Crippen LogP contribution >= 0.6 is 0 Å². The Bertz CT molecular complexity index is 1510. The molecule has 4 aromatic carbocycles. The molecule has 1 spiro atoms. The standard InChI is InChI=1S/C35H36N2O3/c1-3-5-20-37(21-6-4-2)27-17-18-30-33(23-27)39-32-19-16-25(24-36-26-12-8-7-9-13-26)22-31(32)35(30)29-15-11-10-14-28(29)34(38)40-35/h7-19,22-23,36H,3-6,20-21,24H2,1-2H3. The van der Waals surface area contributed by atoms with Crippen molar-refractivity contribution in [2.24, 2.45) is 0 Å². The first-order valence-electron chi connectivity index (χ1n) is 14.5. The number of ether oxygens (including phenoxy) is 2. The fourth-order valence-electron chi connectivity index (χ4n) is 5.84. The van der Waals surface area contributed by atoms with Crippen molar-refractivity contribution in [1.29, 1.82) is 0 Å². The van der Waals surface area contributed by atoms with Gasteiger partial charge in [-0.25, -0.2) is 4.79 Å². The summed E-state index contributed by atoms with van der Waals surface area (Å²) in [5, 5.41) is 3.49. The van der Waals surface area contributed by atoms with E-state index in [1.807, 2.05) is 48.5 Å². The SMILES string of the molecule is CCCCN(CCCC)c1ccc2c(c1)Oc1ccc(CNc3ccccc3)cc1C21OC(=O)c2ccccc21. The number of esters is 1. The molecule has 0 amide bonds. The summed E-state index contributed by atoms with van der Waals surface area (Å²) in [7, 11) is 0. The summed E-state index contributed by atoms with van der Waals surface area (Å²) in [5.74, 6) is 1.15. The molecule has 0 aliphatic carbocycles. The predicted molar refractivity (Wildman–Crippen MR) is 160 cm³/mol. The zero-order valence-electron chi connectivity index (χ0n) is 23.3. The monoisotopic (exact) mass is 532 g/mol. The highest BCUT2D eigenvalue weighted by Gasteiger charge is 2.53. The smallest absolute Gasteiger partial charge is 0.340 e. The highest BCUT2D eigenvalue weighted by molar-refractivity contribution is 5.97. The summed E-state index contributed by atoms with van der Waals surface area (Å²) in [6, 6.07) is 30.5. The first kappa shape index (κ1) is 26.0. The average molecular weight is 533 g/mol. The van der Waals surface area contributed by atoms with Gasteiger partial charge in [-0.15, -0.1) is 0 Å². The van der Waals surface area contributed by atoms with Gasteiger partial charge in [-0.1, -0.05) is 69.2 Å². The molecule has 0 aromatic heterocycles. The zero-order valence-corrected chi connectivity index (χ0v) is 23.3. The highest BCUT2D eigenvalue weighted by atomic mass is 16.6. The molecule has 2 aliphatic heterocycles. The van der Waals surface area contributed by atoms with E-state index in [0.717, 1.165) is 78.2 Å². The van der Waals surface area contributed by atoms with Gasteiger partial charge in [-0.05, 0) is 60.9 Å². The lowest BCUT2D eigenvalue weighted by Crippen LogP contribution is -2.33. The Kier molecular flexibility index (Phi) is 7.21. The van der Waals surface area contributed by atoms with Crippen molar-refractivity contribution in [3.63, 3.8) is 0 Å². The number of rotatable bonds is 10. The number of para-hydroxylation sites is 1. The lowest BCUT2D eigenvalue weighted by molar-refractivity contribution is 0.0224. The van der Waals surface area contributed by atoms with Crippen LogP contribution in [0.4, 0.5) is 11.4 Å². The number of anilines is 2. The van der Waals surface area contributed by atoms with Gasteiger partial charge >= 0.3 is 5.97 Å². The van der Waals surface area contributed by atoms with Crippen LogP contribution in [0.1, 0.15) is 72.1 Å². The van der Waals surface area contributed by atoms with Crippen molar-refractivity contribution in [2.75, 3.05) is 23.3 Å². The fourth-order valence-corrected chi connectivity index (χ4v) is 5.84.